The van der Waals surface area contributed by atoms with Crippen molar-refractivity contribution in [3.8, 4) is 0 Å². The van der Waals surface area contributed by atoms with Crippen molar-refractivity contribution in [1.29, 1.82) is 0 Å². The third kappa shape index (κ3) is 4.28. The average Bonchev–Trinajstić information content (AvgIpc) is 3.23. The largest absolute Gasteiger partial charge is 0.466 e. The summed E-state index contributed by atoms with van der Waals surface area (Å²) in [5.41, 5.74) is 2.90. The second kappa shape index (κ2) is 7.96. The van der Waals surface area contributed by atoms with Crippen molar-refractivity contribution in [2.75, 3.05) is 32.1 Å². The minimum Gasteiger partial charge on any atom is -0.466 e. The first-order chi connectivity index (χ1) is 12.4. The van der Waals surface area contributed by atoms with E-state index in [0.29, 0.717) is 24.4 Å². The Hall–Kier alpha value is -2.27. The van der Waals surface area contributed by atoms with Crippen LogP contribution in [-0.4, -0.2) is 44.2 Å². The van der Waals surface area contributed by atoms with Crippen molar-refractivity contribution in [3.63, 3.8) is 0 Å². The van der Waals surface area contributed by atoms with Gasteiger partial charge in [-0.2, -0.15) is 0 Å². The van der Waals surface area contributed by atoms with Gasteiger partial charge in [-0.3, -0.25) is 4.79 Å². The first kappa shape index (κ1) is 18.5. The summed E-state index contributed by atoms with van der Waals surface area (Å²) in [5.74, 6) is 1.44. The Morgan fingerprint density at radius 1 is 1.19 bits per heavy atom. The van der Waals surface area contributed by atoms with Crippen molar-refractivity contribution in [1.82, 2.24) is 4.90 Å². The molecule has 1 aromatic carbocycles. The molecule has 2 heterocycles. The van der Waals surface area contributed by atoms with Crippen LogP contribution in [0, 0.1) is 13.8 Å². The highest BCUT2D eigenvalue weighted by atomic mass is 16.5. The summed E-state index contributed by atoms with van der Waals surface area (Å²) >= 11 is 0. The monoisotopic (exact) mass is 356 g/mol. The molecular weight excluding hydrogens is 328 g/mol. The molecule has 0 bridgehead atoms. The van der Waals surface area contributed by atoms with E-state index < -0.39 is 0 Å². The highest BCUT2D eigenvalue weighted by Gasteiger charge is 2.25. The highest BCUT2D eigenvalue weighted by Crippen LogP contribution is 2.21. The lowest BCUT2D eigenvalue weighted by Gasteiger charge is -2.26. The molecule has 0 unspecified atom stereocenters. The molecule has 1 fully saturated rings. The smallest absolute Gasteiger partial charge is 0.257 e. The fourth-order valence-electron chi connectivity index (χ4n) is 3.39. The predicted molar refractivity (Wildman–Crippen MR) is 103 cm³/mol. The summed E-state index contributed by atoms with van der Waals surface area (Å²) in [6.45, 7) is 5.67. The van der Waals surface area contributed by atoms with Crippen LogP contribution in [0.25, 0.3) is 0 Å². The molecule has 0 radical (unpaired) electrons. The van der Waals surface area contributed by atoms with Crippen molar-refractivity contribution in [2.45, 2.75) is 39.3 Å². The molecule has 0 spiro atoms. The van der Waals surface area contributed by atoms with E-state index in [9.17, 15) is 4.79 Å². The Labute approximate surface area is 155 Å². The molecule has 5 heteroatoms. The molecular formula is C21H28N2O3. The number of rotatable bonds is 6. The summed E-state index contributed by atoms with van der Waals surface area (Å²) in [6.07, 6.45) is 2.19. The number of carbonyl (C=O) groups excluding carboxylic acids is 1. The summed E-state index contributed by atoms with van der Waals surface area (Å²) in [7, 11) is 4.04. The third-order valence-electron chi connectivity index (χ3n) is 4.83. The molecule has 2 aromatic rings. The van der Waals surface area contributed by atoms with Gasteiger partial charge >= 0.3 is 0 Å². The molecule has 1 saturated heterocycles. The third-order valence-corrected chi connectivity index (χ3v) is 4.83. The SMILES string of the molecule is Cc1cc(C(=O)N(Cc2ccc(N(C)C)cc2)C[C@H]2CCCO2)c(C)o1. The number of ether oxygens (including phenoxy) is 1. The van der Waals surface area contributed by atoms with Gasteiger partial charge < -0.3 is 19.0 Å². The first-order valence-electron chi connectivity index (χ1n) is 9.18. The molecule has 1 atom stereocenters. The van der Waals surface area contributed by atoms with E-state index in [-0.39, 0.29) is 12.0 Å². The quantitative estimate of drug-likeness (QED) is 0.790. The Morgan fingerprint density at radius 3 is 2.46 bits per heavy atom. The van der Waals surface area contributed by atoms with Crippen molar-refractivity contribution in [2.24, 2.45) is 0 Å². The lowest BCUT2D eigenvalue weighted by molar-refractivity contribution is 0.0506. The number of benzene rings is 1. The van der Waals surface area contributed by atoms with Crippen LogP contribution in [0.5, 0.6) is 0 Å². The van der Waals surface area contributed by atoms with Crippen LogP contribution in [0.1, 0.15) is 40.3 Å². The fourth-order valence-corrected chi connectivity index (χ4v) is 3.39. The second-order valence-corrected chi connectivity index (χ2v) is 7.21. The maximum Gasteiger partial charge on any atom is 0.257 e. The van der Waals surface area contributed by atoms with Gasteiger partial charge in [-0.25, -0.2) is 0 Å². The van der Waals surface area contributed by atoms with Crippen LogP contribution in [0.4, 0.5) is 5.69 Å². The Morgan fingerprint density at radius 2 is 1.92 bits per heavy atom. The molecule has 140 valence electrons. The fraction of sp³-hybridized carbons (Fsp3) is 0.476. The maximum absolute atomic E-state index is 13.1. The molecule has 1 aliphatic rings. The second-order valence-electron chi connectivity index (χ2n) is 7.21. The minimum absolute atomic E-state index is 0.00605. The lowest BCUT2D eigenvalue weighted by atomic mass is 10.1. The number of anilines is 1. The zero-order valence-corrected chi connectivity index (χ0v) is 16.1. The normalized spacial score (nSPS) is 16.7. The van der Waals surface area contributed by atoms with Gasteiger partial charge in [0, 0.05) is 39.5 Å². The molecule has 1 aliphatic heterocycles. The number of aryl methyl sites for hydroxylation is 2. The molecule has 5 nitrogen and oxygen atoms in total. The van der Waals surface area contributed by atoms with E-state index in [4.69, 9.17) is 9.15 Å². The van der Waals surface area contributed by atoms with Gasteiger partial charge in [-0.05, 0) is 50.5 Å². The molecule has 1 amide bonds. The Bertz CT molecular complexity index is 743. The van der Waals surface area contributed by atoms with Crippen LogP contribution in [-0.2, 0) is 11.3 Å². The number of nitrogens with zero attached hydrogens (tertiary/aromatic N) is 2. The van der Waals surface area contributed by atoms with Gasteiger partial charge in [0.25, 0.3) is 5.91 Å². The van der Waals surface area contributed by atoms with Gasteiger partial charge in [0.1, 0.15) is 11.5 Å². The molecule has 0 aliphatic carbocycles. The van der Waals surface area contributed by atoms with Gasteiger partial charge in [0.15, 0.2) is 0 Å². The van der Waals surface area contributed by atoms with Gasteiger partial charge in [-0.15, -0.1) is 0 Å². The van der Waals surface area contributed by atoms with Crippen LogP contribution < -0.4 is 4.90 Å². The summed E-state index contributed by atoms with van der Waals surface area (Å²) < 4.78 is 11.3. The molecule has 1 aromatic heterocycles. The van der Waals surface area contributed by atoms with Crippen LogP contribution in [0.3, 0.4) is 0 Å². The average molecular weight is 356 g/mol. The van der Waals surface area contributed by atoms with E-state index in [1.54, 1.807) is 0 Å². The first-order valence-corrected chi connectivity index (χ1v) is 9.18. The lowest BCUT2D eigenvalue weighted by Crippen LogP contribution is -2.37. The predicted octanol–water partition coefficient (Wildman–Crippen LogP) is 3.78. The molecule has 3 rings (SSSR count). The minimum atomic E-state index is 0.00605. The Kier molecular flexibility index (Phi) is 5.67. The van der Waals surface area contributed by atoms with E-state index in [2.05, 4.69) is 29.2 Å². The standard InChI is InChI=1S/C21H28N2O3/c1-15-12-20(16(2)26-15)21(24)23(14-19-6-5-11-25-19)13-17-7-9-18(10-8-17)22(3)4/h7-10,12,19H,5-6,11,13-14H2,1-4H3/t19-/m1/s1. The Balaban J connectivity index is 1.80. The van der Waals surface area contributed by atoms with Crippen molar-refractivity contribution < 1.29 is 13.9 Å². The molecule has 0 saturated carbocycles. The number of amides is 1. The zero-order chi connectivity index (χ0) is 18.7. The number of carbonyl (C=O) groups is 1. The van der Waals surface area contributed by atoms with Gasteiger partial charge in [0.2, 0.25) is 0 Å². The van der Waals surface area contributed by atoms with Crippen LogP contribution >= 0.6 is 0 Å². The topological polar surface area (TPSA) is 45.9 Å². The van der Waals surface area contributed by atoms with Gasteiger partial charge in [-0.1, -0.05) is 12.1 Å². The van der Waals surface area contributed by atoms with E-state index in [1.807, 2.05) is 38.9 Å². The number of hydrogen-bond donors (Lipinski definition) is 0. The summed E-state index contributed by atoms with van der Waals surface area (Å²) in [6, 6.07) is 10.2. The molecule has 26 heavy (non-hydrogen) atoms. The maximum atomic E-state index is 13.1. The molecule has 0 N–H and O–H groups in total. The van der Waals surface area contributed by atoms with E-state index >= 15 is 0 Å². The van der Waals surface area contributed by atoms with Crippen molar-refractivity contribution in [3.05, 3.63) is 53.0 Å². The zero-order valence-electron chi connectivity index (χ0n) is 16.1. The number of furan rings is 1. The van der Waals surface area contributed by atoms with Gasteiger partial charge in [0.05, 0.1) is 11.7 Å². The highest BCUT2D eigenvalue weighted by molar-refractivity contribution is 5.95. The van der Waals surface area contributed by atoms with Crippen LogP contribution in [0.2, 0.25) is 0 Å². The van der Waals surface area contributed by atoms with E-state index in [1.165, 1.54) is 0 Å². The van der Waals surface area contributed by atoms with E-state index in [0.717, 1.165) is 36.5 Å². The number of hydrogen-bond acceptors (Lipinski definition) is 4. The summed E-state index contributed by atoms with van der Waals surface area (Å²) in [4.78, 5) is 17.1. The van der Waals surface area contributed by atoms with Crippen LogP contribution in [0.15, 0.2) is 34.7 Å². The van der Waals surface area contributed by atoms with Crippen molar-refractivity contribution >= 4 is 11.6 Å². The summed E-state index contributed by atoms with van der Waals surface area (Å²) in [5, 5.41) is 0.